The van der Waals surface area contributed by atoms with Crippen molar-refractivity contribution in [3.05, 3.63) is 61.2 Å². The molecule has 2 rings (SSSR count). The first-order valence-electron chi connectivity index (χ1n) is 7.59. The Balaban J connectivity index is 2.57. The van der Waals surface area contributed by atoms with Crippen LogP contribution in [0.25, 0.3) is 0 Å². The minimum atomic E-state index is -1.24. The second-order valence-electron chi connectivity index (χ2n) is 6.18. The van der Waals surface area contributed by atoms with Crippen molar-refractivity contribution in [3.8, 4) is 0 Å². The zero-order chi connectivity index (χ0) is 17.1. The van der Waals surface area contributed by atoms with Crippen LogP contribution >= 0.6 is 0 Å². The van der Waals surface area contributed by atoms with E-state index in [0.717, 1.165) is 5.56 Å². The van der Waals surface area contributed by atoms with Gasteiger partial charge < -0.3 is 9.47 Å². The van der Waals surface area contributed by atoms with Crippen molar-refractivity contribution in [1.82, 2.24) is 0 Å². The van der Waals surface area contributed by atoms with Crippen LogP contribution in [0.2, 0.25) is 0 Å². The average Bonchev–Trinajstić information content (AvgIpc) is 2.46. The van der Waals surface area contributed by atoms with Crippen LogP contribution < -0.4 is 0 Å². The van der Waals surface area contributed by atoms with Gasteiger partial charge in [0.1, 0.15) is 0 Å². The Labute approximate surface area is 136 Å². The molecule has 1 fully saturated rings. The molecule has 0 unspecified atom stereocenters. The number of hydrogen-bond donors (Lipinski definition) is 0. The van der Waals surface area contributed by atoms with Gasteiger partial charge in [-0.05, 0) is 18.4 Å². The number of carbonyl (C=O) groups excluding carboxylic acids is 2. The summed E-state index contributed by atoms with van der Waals surface area (Å²) in [6.45, 7) is 10.7. The Hall–Kier alpha value is -2.36. The highest BCUT2D eigenvalue weighted by Crippen LogP contribution is 2.44. The van der Waals surface area contributed by atoms with Crippen LogP contribution in [0.3, 0.4) is 0 Å². The van der Waals surface area contributed by atoms with Gasteiger partial charge in [0.05, 0.1) is 0 Å². The van der Waals surface area contributed by atoms with Crippen LogP contribution in [-0.4, -0.2) is 17.7 Å². The summed E-state index contributed by atoms with van der Waals surface area (Å²) in [6.07, 6.45) is 4.27. The predicted octanol–water partition coefficient (Wildman–Crippen LogP) is 3.53. The molecule has 1 aromatic carbocycles. The Bertz CT molecular complexity index is 586. The molecule has 0 radical (unpaired) electrons. The molecule has 0 bridgehead atoms. The van der Waals surface area contributed by atoms with Crippen LogP contribution in [0.5, 0.6) is 0 Å². The molecule has 4 nitrogen and oxygen atoms in total. The molecule has 0 saturated carbocycles. The first-order chi connectivity index (χ1) is 10.9. The van der Waals surface area contributed by atoms with Crippen LogP contribution in [0.1, 0.15) is 32.3 Å². The summed E-state index contributed by atoms with van der Waals surface area (Å²) < 4.78 is 10.7. The average molecular weight is 314 g/mol. The first kappa shape index (κ1) is 17.0. The molecule has 0 N–H and O–H groups in total. The van der Waals surface area contributed by atoms with E-state index in [2.05, 4.69) is 13.2 Å². The molecule has 23 heavy (non-hydrogen) atoms. The molecule has 0 aliphatic carbocycles. The molecule has 4 heteroatoms. The van der Waals surface area contributed by atoms with E-state index >= 15 is 0 Å². The summed E-state index contributed by atoms with van der Waals surface area (Å²) in [5.41, 5.74) is 0.0495. The lowest BCUT2D eigenvalue weighted by Crippen LogP contribution is -2.54. The summed E-state index contributed by atoms with van der Waals surface area (Å²) >= 11 is 0. The maximum absolute atomic E-state index is 12.6. The Morgan fingerprint density at radius 3 is 1.96 bits per heavy atom. The lowest BCUT2D eigenvalue weighted by Gasteiger charge is -2.42. The monoisotopic (exact) mass is 314 g/mol. The van der Waals surface area contributed by atoms with E-state index in [1.807, 2.05) is 30.3 Å². The Kier molecular flexibility index (Phi) is 4.73. The van der Waals surface area contributed by atoms with Crippen LogP contribution in [-0.2, 0) is 24.5 Å². The second-order valence-corrected chi connectivity index (χ2v) is 6.18. The highest BCUT2D eigenvalue weighted by atomic mass is 16.7. The molecule has 1 aliphatic rings. The van der Waals surface area contributed by atoms with E-state index in [1.54, 1.807) is 26.0 Å². The molecule has 0 amide bonds. The van der Waals surface area contributed by atoms with Crippen LogP contribution in [0, 0.1) is 5.92 Å². The van der Waals surface area contributed by atoms with Gasteiger partial charge in [-0.15, -0.1) is 13.2 Å². The smallest absolute Gasteiger partial charge is 0.324 e. The van der Waals surface area contributed by atoms with Gasteiger partial charge in [-0.2, -0.15) is 0 Å². The number of allylic oxidation sites excluding steroid dienone is 2. The molecule has 1 saturated heterocycles. The third-order valence-electron chi connectivity index (χ3n) is 4.08. The summed E-state index contributed by atoms with van der Waals surface area (Å²) in [5, 5.41) is 0. The molecule has 0 atom stereocenters. The van der Waals surface area contributed by atoms with Gasteiger partial charge in [-0.1, -0.05) is 42.5 Å². The van der Waals surface area contributed by atoms with Crippen molar-refractivity contribution in [2.45, 2.75) is 37.9 Å². The number of esters is 2. The summed E-state index contributed by atoms with van der Waals surface area (Å²) in [4.78, 5) is 25.2. The fraction of sp³-hybridized carbons (Fsp3) is 0.368. The summed E-state index contributed by atoms with van der Waals surface area (Å²) in [5.74, 6) is -3.43. The highest BCUT2D eigenvalue weighted by Gasteiger charge is 2.54. The molecular formula is C19H22O4. The minimum absolute atomic E-state index is 0.429. The number of hydrogen-bond acceptors (Lipinski definition) is 4. The van der Waals surface area contributed by atoms with Crippen LogP contribution in [0.15, 0.2) is 55.6 Å². The van der Waals surface area contributed by atoms with Gasteiger partial charge in [-0.3, -0.25) is 9.59 Å². The van der Waals surface area contributed by atoms with Crippen molar-refractivity contribution >= 4 is 11.9 Å². The molecule has 0 spiro atoms. The van der Waals surface area contributed by atoms with E-state index in [9.17, 15) is 9.59 Å². The lowest BCUT2D eigenvalue weighted by atomic mass is 9.65. The standard InChI is InChI=1S/C19H22O4/c1-5-12-19(13-6-2,14-10-8-7-9-11-14)15-16(20)22-18(3,4)23-17(15)21/h5-11,15H,1-2,12-13H2,3-4H3. The van der Waals surface area contributed by atoms with E-state index in [1.165, 1.54) is 0 Å². The molecule has 1 aromatic rings. The third-order valence-corrected chi connectivity index (χ3v) is 4.08. The molecule has 1 aliphatic heterocycles. The number of ether oxygens (including phenoxy) is 2. The molecule has 1 heterocycles. The van der Waals surface area contributed by atoms with Gasteiger partial charge in [0.2, 0.25) is 0 Å². The highest BCUT2D eigenvalue weighted by molar-refractivity contribution is 5.98. The van der Waals surface area contributed by atoms with Crippen molar-refractivity contribution in [2.24, 2.45) is 5.92 Å². The van der Waals surface area contributed by atoms with Gasteiger partial charge >= 0.3 is 11.9 Å². The lowest BCUT2D eigenvalue weighted by molar-refractivity contribution is -0.243. The zero-order valence-electron chi connectivity index (χ0n) is 13.6. The van der Waals surface area contributed by atoms with Gasteiger partial charge in [0.15, 0.2) is 5.92 Å². The number of rotatable bonds is 6. The first-order valence-corrected chi connectivity index (χ1v) is 7.59. The quantitative estimate of drug-likeness (QED) is 0.458. The van der Waals surface area contributed by atoms with Crippen molar-refractivity contribution in [1.29, 1.82) is 0 Å². The van der Waals surface area contributed by atoms with Crippen molar-refractivity contribution < 1.29 is 19.1 Å². The summed E-state index contributed by atoms with van der Waals surface area (Å²) in [6, 6.07) is 9.43. The topological polar surface area (TPSA) is 52.6 Å². The van der Waals surface area contributed by atoms with Crippen LogP contribution in [0.4, 0.5) is 0 Å². The third kappa shape index (κ3) is 3.21. The molecular weight excluding hydrogens is 292 g/mol. The van der Waals surface area contributed by atoms with E-state index in [-0.39, 0.29) is 0 Å². The molecule has 122 valence electrons. The van der Waals surface area contributed by atoms with Gasteiger partial charge in [-0.25, -0.2) is 0 Å². The van der Waals surface area contributed by atoms with Crippen molar-refractivity contribution in [3.63, 3.8) is 0 Å². The Morgan fingerprint density at radius 1 is 1.04 bits per heavy atom. The van der Waals surface area contributed by atoms with Crippen molar-refractivity contribution in [2.75, 3.05) is 0 Å². The van der Waals surface area contributed by atoms with E-state index in [0.29, 0.717) is 12.8 Å². The number of cyclic esters (lactones) is 2. The zero-order valence-corrected chi connectivity index (χ0v) is 13.6. The maximum Gasteiger partial charge on any atom is 0.324 e. The van der Waals surface area contributed by atoms with E-state index < -0.39 is 29.1 Å². The fourth-order valence-electron chi connectivity index (χ4n) is 3.18. The fourth-order valence-corrected chi connectivity index (χ4v) is 3.18. The van der Waals surface area contributed by atoms with Gasteiger partial charge in [0.25, 0.3) is 5.79 Å². The number of benzene rings is 1. The predicted molar refractivity (Wildman–Crippen MR) is 87.5 cm³/mol. The SMILES string of the molecule is C=CCC(CC=C)(c1ccccc1)C1C(=O)OC(C)(C)OC1=O. The van der Waals surface area contributed by atoms with Gasteiger partial charge in [0, 0.05) is 19.3 Å². The van der Waals surface area contributed by atoms with E-state index in [4.69, 9.17) is 9.47 Å². The minimum Gasteiger partial charge on any atom is -0.422 e. The largest absolute Gasteiger partial charge is 0.422 e. The second kappa shape index (κ2) is 6.41. The summed E-state index contributed by atoms with van der Waals surface area (Å²) in [7, 11) is 0. The Morgan fingerprint density at radius 2 is 1.52 bits per heavy atom. The maximum atomic E-state index is 12.6. The molecule has 0 aromatic heterocycles. The normalized spacial score (nSPS) is 18.0. The number of carbonyl (C=O) groups is 2.